The van der Waals surface area contributed by atoms with Gasteiger partial charge in [-0.05, 0) is 22.8 Å². The summed E-state index contributed by atoms with van der Waals surface area (Å²) in [5, 5.41) is 10.8. The fraction of sp³-hybridized carbons (Fsp3) is 0.250. The van der Waals surface area contributed by atoms with Crippen LogP contribution in [0.3, 0.4) is 0 Å². The number of hydrogen-bond acceptors (Lipinski definition) is 1. The zero-order valence-electron chi connectivity index (χ0n) is 24.7. The fourth-order valence-electron chi connectivity index (χ4n) is 2.83. The Hall–Kier alpha value is -2.54. The second-order valence-corrected chi connectivity index (χ2v) is 6.98. The van der Waals surface area contributed by atoms with Crippen molar-refractivity contribution in [1.82, 2.24) is 0 Å². The van der Waals surface area contributed by atoms with Gasteiger partial charge in [0.05, 0.1) is 13.7 Å². The third kappa shape index (κ3) is 3.19. The monoisotopic (exact) mass is 340 g/mol. The van der Waals surface area contributed by atoms with Gasteiger partial charge in [-0.25, -0.2) is 0 Å². The van der Waals surface area contributed by atoms with Crippen LogP contribution in [0, 0.1) is 0 Å². The molecule has 1 N–H and O–H groups in total. The van der Waals surface area contributed by atoms with Gasteiger partial charge in [-0.2, -0.15) is 0 Å². The maximum atomic E-state index is 10.8. The van der Waals surface area contributed by atoms with E-state index in [4.69, 9.17) is 13.7 Å². The standard InChI is InChI=1S/C24H26O/c1-23(2,18-11-7-5-8-12-18)20-15-16-22(25)21(17-20)24(3,4)19-13-9-6-10-14-19/h5-17,25H,1-4H3/i5D,6D,7D,8D,9D,10D,11D,12D,13D,14D. The van der Waals surface area contributed by atoms with Crippen LogP contribution in [0.15, 0.2) is 78.6 Å². The molecule has 0 radical (unpaired) electrons. The summed E-state index contributed by atoms with van der Waals surface area (Å²) in [6.45, 7) is 6.68. The maximum Gasteiger partial charge on any atom is 0.119 e. The first-order chi connectivity index (χ1) is 16.0. The van der Waals surface area contributed by atoms with E-state index in [0.717, 1.165) is 0 Å². The van der Waals surface area contributed by atoms with Gasteiger partial charge in [-0.15, -0.1) is 0 Å². The molecule has 25 heavy (non-hydrogen) atoms. The van der Waals surface area contributed by atoms with Crippen molar-refractivity contribution in [3.63, 3.8) is 0 Å². The zero-order chi connectivity index (χ0) is 26.8. The van der Waals surface area contributed by atoms with Crippen LogP contribution >= 0.6 is 0 Å². The highest BCUT2D eigenvalue weighted by Crippen LogP contribution is 2.40. The summed E-state index contributed by atoms with van der Waals surface area (Å²) < 4.78 is 81.4. The van der Waals surface area contributed by atoms with Gasteiger partial charge >= 0.3 is 0 Å². The third-order valence-corrected chi connectivity index (χ3v) is 4.64. The van der Waals surface area contributed by atoms with Crippen LogP contribution in [0.1, 0.15) is 63.7 Å². The van der Waals surface area contributed by atoms with Gasteiger partial charge in [0.1, 0.15) is 5.75 Å². The molecule has 1 heteroatoms. The summed E-state index contributed by atoms with van der Waals surface area (Å²) in [7, 11) is 0. The summed E-state index contributed by atoms with van der Waals surface area (Å²) in [5.41, 5.74) is -1.44. The van der Waals surface area contributed by atoms with Gasteiger partial charge in [-0.3, -0.25) is 0 Å². The largest absolute Gasteiger partial charge is 0.508 e. The number of aromatic hydroxyl groups is 1. The zero-order valence-corrected chi connectivity index (χ0v) is 14.7. The molecule has 0 atom stereocenters. The molecule has 0 amide bonds. The first-order valence-corrected chi connectivity index (χ1v) is 7.96. The molecule has 3 aromatic carbocycles. The lowest BCUT2D eigenvalue weighted by molar-refractivity contribution is 0.451. The van der Waals surface area contributed by atoms with Gasteiger partial charge in [0.2, 0.25) is 0 Å². The van der Waals surface area contributed by atoms with Gasteiger partial charge in [0.25, 0.3) is 0 Å². The molecule has 3 rings (SSSR count). The molecule has 0 heterocycles. The Morgan fingerprint density at radius 3 is 1.68 bits per heavy atom. The molecule has 0 unspecified atom stereocenters. The number of phenols is 1. The van der Waals surface area contributed by atoms with Crippen LogP contribution < -0.4 is 0 Å². The molecule has 1 nitrogen and oxygen atoms in total. The van der Waals surface area contributed by atoms with Crippen LogP contribution in [0.2, 0.25) is 0 Å². The molecule has 0 spiro atoms. The SMILES string of the molecule is [2H]c1c([2H])c([2H])c(C(C)(C)c2ccc(O)c(C(C)(C)c3c([2H])c([2H])c([2H])c([2H])c3[2H])c2)c([2H])c1[2H]. The Bertz CT molecular complexity index is 1300. The second-order valence-electron chi connectivity index (χ2n) is 6.98. The summed E-state index contributed by atoms with van der Waals surface area (Å²) in [6.07, 6.45) is 0. The highest BCUT2D eigenvalue weighted by atomic mass is 16.3. The number of rotatable bonds is 4. The van der Waals surface area contributed by atoms with E-state index >= 15 is 0 Å². The molecule has 0 aromatic heterocycles. The van der Waals surface area contributed by atoms with Crippen molar-refractivity contribution in [2.45, 2.75) is 38.5 Å². The predicted octanol–water partition coefficient (Wildman–Crippen LogP) is 6.04. The highest BCUT2D eigenvalue weighted by molar-refractivity contribution is 5.50. The Morgan fingerprint density at radius 2 is 1.16 bits per heavy atom. The lowest BCUT2D eigenvalue weighted by Crippen LogP contribution is -2.23. The van der Waals surface area contributed by atoms with Gasteiger partial charge in [0.15, 0.2) is 0 Å². The van der Waals surface area contributed by atoms with Crippen molar-refractivity contribution in [3.05, 3.63) is 101 Å². The van der Waals surface area contributed by atoms with Crippen molar-refractivity contribution in [2.75, 3.05) is 0 Å². The van der Waals surface area contributed by atoms with Crippen molar-refractivity contribution >= 4 is 0 Å². The number of hydrogen-bond donors (Lipinski definition) is 1. The molecule has 0 saturated heterocycles. The van der Waals surface area contributed by atoms with E-state index < -0.39 is 47.1 Å². The first-order valence-electron chi connectivity index (χ1n) is 13.0. The summed E-state index contributed by atoms with van der Waals surface area (Å²) >= 11 is 0. The van der Waals surface area contributed by atoms with Gasteiger partial charge < -0.3 is 5.11 Å². The number of phenolic OH excluding ortho intramolecular Hbond substituents is 1. The van der Waals surface area contributed by atoms with Crippen LogP contribution in [-0.2, 0) is 10.8 Å². The Balaban J connectivity index is 2.31. The molecular weight excluding hydrogens is 304 g/mol. The maximum absolute atomic E-state index is 10.8. The molecule has 128 valence electrons. The molecular formula is C24H26O. The topological polar surface area (TPSA) is 20.2 Å². The van der Waals surface area contributed by atoms with Crippen molar-refractivity contribution < 1.29 is 18.8 Å². The minimum Gasteiger partial charge on any atom is -0.508 e. The Labute approximate surface area is 165 Å². The Morgan fingerprint density at radius 1 is 0.680 bits per heavy atom. The minimum atomic E-state index is -1.23. The average Bonchev–Trinajstić information content (AvgIpc) is 2.78. The van der Waals surface area contributed by atoms with E-state index in [1.54, 1.807) is 39.8 Å². The van der Waals surface area contributed by atoms with Gasteiger partial charge in [0, 0.05) is 16.4 Å². The van der Waals surface area contributed by atoms with Crippen LogP contribution in [0.4, 0.5) is 0 Å². The minimum absolute atomic E-state index is 0.0107. The summed E-state index contributed by atoms with van der Waals surface area (Å²) in [6, 6.07) is 0.279. The molecule has 0 saturated carbocycles. The highest BCUT2D eigenvalue weighted by Gasteiger charge is 2.29. The van der Waals surface area contributed by atoms with E-state index in [2.05, 4.69) is 0 Å². The van der Waals surface area contributed by atoms with Crippen LogP contribution in [0.5, 0.6) is 5.75 Å². The summed E-state index contributed by atoms with van der Waals surface area (Å²) in [4.78, 5) is 0. The molecule has 0 fully saturated rings. The van der Waals surface area contributed by atoms with Gasteiger partial charge in [-0.1, -0.05) is 100 Å². The molecule has 0 aliphatic carbocycles. The second kappa shape index (κ2) is 6.40. The smallest absolute Gasteiger partial charge is 0.119 e. The van der Waals surface area contributed by atoms with E-state index in [1.807, 2.05) is 0 Å². The van der Waals surface area contributed by atoms with E-state index in [0.29, 0.717) is 5.56 Å². The Kier molecular flexibility index (Phi) is 2.23. The average molecular weight is 341 g/mol. The molecule has 0 bridgehead atoms. The summed E-state index contributed by atoms with van der Waals surface area (Å²) in [5.74, 6) is -0.164. The lowest BCUT2D eigenvalue weighted by atomic mass is 9.73. The molecule has 3 aromatic rings. The first kappa shape index (κ1) is 8.71. The van der Waals surface area contributed by atoms with Crippen molar-refractivity contribution in [2.24, 2.45) is 0 Å². The van der Waals surface area contributed by atoms with E-state index in [1.165, 1.54) is 6.07 Å². The molecule has 0 aliphatic rings. The van der Waals surface area contributed by atoms with Crippen molar-refractivity contribution in [1.29, 1.82) is 0 Å². The van der Waals surface area contributed by atoms with E-state index in [9.17, 15) is 5.11 Å². The predicted molar refractivity (Wildman–Crippen MR) is 105 cm³/mol. The normalized spacial score (nSPS) is 17.8. The van der Waals surface area contributed by atoms with Crippen molar-refractivity contribution in [3.8, 4) is 5.75 Å². The van der Waals surface area contributed by atoms with Crippen LogP contribution in [0.25, 0.3) is 0 Å². The quantitative estimate of drug-likeness (QED) is 0.613. The lowest BCUT2D eigenvalue weighted by Gasteiger charge is -2.31. The number of benzene rings is 3. The third-order valence-electron chi connectivity index (χ3n) is 4.64. The van der Waals surface area contributed by atoms with Crippen LogP contribution in [-0.4, -0.2) is 5.11 Å². The van der Waals surface area contributed by atoms with E-state index in [-0.39, 0.29) is 46.6 Å². The fourth-order valence-corrected chi connectivity index (χ4v) is 2.83. The molecule has 0 aliphatic heterocycles.